The van der Waals surface area contributed by atoms with Crippen LogP contribution in [-0.4, -0.2) is 22.0 Å². The van der Waals surface area contributed by atoms with E-state index in [1.165, 1.54) is 33.0 Å². The van der Waals surface area contributed by atoms with E-state index >= 15 is 0 Å². The first-order valence-corrected chi connectivity index (χ1v) is 19.0. The topological polar surface area (TPSA) is 45.5 Å². The quantitative estimate of drug-likeness (QED) is 0.170. The van der Waals surface area contributed by atoms with Gasteiger partial charge in [-0.2, -0.15) is 0 Å². The Morgan fingerprint density at radius 1 is 0.482 bits per heavy atom. The maximum atomic E-state index is 4.62. The predicted octanol–water partition coefficient (Wildman–Crippen LogP) is 12.3. The van der Waals surface area contributed by atoms with Gasteiger partial charge in [-0.15, -0.1) is 0 Å². The minimum Gasteiger partial charge on any atom is -0.366 e. The molecule has 5 nitrogen and oxygen atoms in total. The number of rotatable bonds is 8. The zero-order valence-corrected chi connectivity index (χ0v) is 30.6. The molecule has 3 heterocycles. The Hall–Kier alpha value is -7.50. The van der Waals surface area contributed by atoms with Crippen LogP contribution < -0.4 is 10.3 Å². The first-order valence-electron chi connectivity index (χ1n) is 19.0. The van der Waals surface area contributed by atoms with Crippen molar-refractivity contribution in [3.63, 3.8) is 0 Å². The molecule has 0 amide bonds. The lowest BCUT2D eigenvalue weighted by molar-refractivity contribution is 0.887. The van der Waals surface area contributed by atoms with E-state index in [2.05, 4.69) is 207 Å². The van der Waals surface area contributed by atoms with Crippen LogP contribution in [0.2, 0.25) is 0 Å². The summed E-state index contributed by atoms with van der Waals surface area (Å²) in [7, 11) is 0. The van der Waals surface area contributed by atoms with Gasteiger partial charge in [0, 0.05) is 47.0 Å². The monoisotopic (exact) mass is 719 g/mol. The molecule has 266 valence electrons. The van der Waals surface area contributed by atoms with Crippen LogP contribution in [0.5, 0.6) is 0 Å². The van der Waals surface area contributed by atoms with Crippen molar-refractivity contribution < 1.29 is 0 Å². The molecule has 1 N–H and O–H groups in total. The van der Waals surface area contributed by atoms with E-state index in [0.29, 0.717) is 0 Å². The normalized spacial score (nSPS) is 12.4. The van der Waals surface area contributed by atoms with Gasteiger partial charge >= 0.3 is 0 Å². The standard InChI is InChI=1S/C51H37N5/c1-4-11-36(12-5-1)42-21-28-48-47(35-42)49-45(39-13-6-2-7-14-39)26-27-46(40-15-8-3-9-16-40)50(49)56(48)55(43-22-17-37(18-23-43)38-29-33-52-34-30-38)44-24-19-41(20-25-44)51-53-31-10-32-54-51/h1-31,33-35H,32H2,(H,53,54). The second kappa shape index (κ2) is 14.4. The molecule has 56 heavy (non-hydrogen) atoms. The van der Waals surface area contributed by atoms with Crippen LogP contribution in [0.15, 0.2) is 212 Å². The number of nitrogens with zero attached hydrogens (tertiary/aromatic N) is 4. The maximum Gasteiger partial charge on any atom is 0.133 e. The molecule has 2 aromatic heterocycles. The van der Waals surface area contributed by atoms with Crippen LogP contribution in [0, 0.1) is 0 Å². The van der Waals surface area contributed by atoms with Crippen molar-refractivity contribution >= 4 is 39.0 Å². The smallest absolute Gasteiger partial charge is 0.133 e. The number of benzene rings is 7. The molecule has 0 aliphatic carbocycles. The number of pyridine rings is 1. The molecule has 0 bridgehead atoms. The molecule has 1 aliphatic heterocycles. The van der Waals surface area contributed by atoms with Crippen LogP contribution >= 0.6 is 0 Å². The van der Waals surface area contributed by atoms with Gasteiger partial charge < -0.3 is 5.32 Å². The van der Waals surface area contributed by atoms with Crippen molar-refractivity contribution in [3.05, 3.63) is 212 Å². The lowest BCUT2D eigenvalue weighted by atomic mass is 9.94. The van der Waals surface area contributed by atoms with Crippen molar-refractivity contribution in [2.24, 2.45) is 4.99 Å². The van der Waals surface area contributed by atoms with E-state index in [4.69, 9.17) is 0 Å². The average Bonchev–Trinajstić information content (AvgIpc) is 3.62. The van der Waals surface area contributed by atoms with Gasteiger partial charge in [0.2, 0.25) is 0 Å². The summed E-state index contributed by atoms with van der Waals surface area (Å²) in [6, 6.07) is 65.4. The number of hydrogen-bond donors (Lipinski definition) is 1. The third-order valence-corrected chi connectivity index (χ3v) is 10.6. The fourth-order valence-corrected chi connectivity index (χ4v) is 7.89. The Kier molecular flexibility index (Phi) is 8.50. The Labute approximate surface area is 326 Å². The van der Waals surface area contributed by atoms with Gasteiger partial charge in [0.1, 0.15) is 5.84 Å². The molecule has 5 heteroatoms. The lowest BCUT2D eigenvalue weighted by Gasteiger charge is -2.29. The maximum absolute atomic E-state index is 4.62. The van der Waals surface area contributed by atoms with Gasteiger partial charge in [0.15, 0.2) is 0 Å². The largest absolute Gasteiger partial charge is 0.366 e. The molecule has 0 saturated carbocycles. The number of nitrogens with one attached hydrogen (secondary N) is 1. The molecule has 9 aromatic rings. The molecule has 7 aromatic carbocycles. The second-order valence-corrected chi connectivity index (χ2v) is 13.9. The van der Waals surface area contributed by atoms with E-state index < -0.39 is 0 Å². The van der Waals surface area contributed by atoms with Gasteiger partial charge in [-0.25, -0.2) is 14.7 Å². The highest BCUT2D eigenvalue weighted by atomic mass is 15.6. The molecule has 1 aliphatic rings. The van der Waals surface area contributed by atoms with Crippen molar-refractivity contribution in [2.75, 3.05) is 11.6 Å². The Bertz CT molecular complexity index is 2860. The molecule has 10 rings (SSSR count). The van der Waals surface area contributed by atoms with E-state index in [0.717, 1.165) is 62.6 Å². The molecular weight excluding hydrogens is 683 g/mol. The average molecular weight is 720 g/mol. The van der Waals surface area contributed by atoms with E-state index in [1.54, 1.807) is 0 Å². The van der Waals surface area contributed by atoms with Crippen molar-refractivity contribution in [1.29, 1.82) is 0 Å². The highest BCUT2D eigenvalue weighted by Gasteiger charge is 2.25. The summed E-state index contributed by atoms with van der Waals surface area (Å²) < 4.78 is 2.43. The first-order chi connectivity index (χ1) is 27.8. The predicted molar refractivity (Wildman–Crippen MR) is 233 cm³/mol. The number of hydrogen-bond acceptors (Lipinski definition) is 4. The summed E-state index contributed by atoms with van der Waals surface area (Å²) in [5.41, 5.74) is 14.6. The zero-order chi connectivity index (χ0) is 37.3. The lowest BCUT2D eigenvalue weighted by Crippen LogP contribution is -2.27. The number of amidine groups is 1. The first kappa shape index (κ1) is 33.1. The number of aromatic nitrogens is 2. The molecule has 0 spiro atoms. The molecule has 0 saturated heterocycles. The molecular formula is C51H37N5. The molecule has 0 fully saturated rings. The van der Waals surface area contributed by atoms with Crippen LogP contribution in [0.1, 0.15) is 5.56 Å². The Balaban J connectivity index is 1.30. The second-order valence-electron chi connectivity index (χ2n) is 13.9. The molecule has 0 atom stereocenters. The highest BCUT2D eigenvalue weighted by Crippen LogP contribution is 2.45. The SMILES string of the molecule is C1=CN=C(c2ccc(N(c3ccc(-c4ccncc4)cc3)n3c4ccc(-c5ccccc5)cc4c4c(-c5ccccc5)ccc(-c5ccccc5)c43)cc2)NC1. The van der Waals surface area contributed by atoms with Gasteiger partial charge in [0.05, 0.1) is 22.4 Å². The Morgan fingerprint density at radius 2 is 1.02 bits per heavy atom. The summed E-state index contributed by atoms with van der Waals surface area (Å²) in [6.07, 6.45) is 7.58. The summed E-state index contributed by atoms with van der Waals surface area (Å²) in [4.78, 5) is 8.87. The van der Waals surface area contributed by atoms with Gasteiger partial charge in [-0.05, 0) is 106 Å². The molecule has 0 unspecified atom stereocenters. The minimum absolute atomic E-state index is 0.759. The number of aliphatic imine (C=N–C) groups is 1. The van der Waals surface area contributed by atoms with Crippen LogP contribution in [0.4, 0.5) is 11.4 Å². The van der Waals surface area contributed by atoms with Gasteiger partial charge in [0.25, 0.3) is 0 Å². The van der Waals surface area contributed by atoms with Crippen LogP contribution in [0.3, 0.4) is 0 Å². The summed E-state index contributed by atoms with van der Waals surface area (Å²) >= 11 is 0. The third kappa shape index (κ3) is 6.02. The summed E-state index contributed by atoms with van der Waals surface area (Å²) in [5.74, 6) is 0.872. The zero-order valence-electron chi connectivity index (χ0n) is 30.6. The third-order valence-electron chi connectivity index (χ3n) is 10.6. The van der Waals surface area contributed by atoms with E-state index in [9.17, 15) is 0 Å². The van der Waals surface area contributed by atoms with E-state index in [-0.39, 0.29) is 0 Å². The number of fused-ring (bicyclic) bond motifs is 3. The summed E-state index contributed by atoms with van der Waals surface area (Å²) in [5, 5.41) is 8.17. The van der Waals surface area contributed by atoms with Gasteiger partial charge in [-0.1, -0.05) is 121 Å². The van der Waals surface area contributed by atoms with Crippen LogP contribution in [0.25, 0.3) is 66.3 Å². The van der Waals surface area contributed by atoms with Crippen molar-refractivity contribution in [3.8, 4) is 44.5 Å². The number of anilines is 2. The van der Waals surface area contributed by atoms with Crippen LogP contribution in [-0.2, 0) is 0 Å². The van der Waals surface area contributed by atoms with Crippen molar-refractivity contribution in [2.45, 2.75) is 0 Å². The minimum atomic E-state index is 0.759. The van der Waals surface area contributed by atoms with E-state index in [1.807, 2.05) is 24.7 Å². The summed E-state index contributed by atoms with van der Waals surface area (Å²) in [6.45, 7) is 0.759. The fraction of sp³-hybridized carbons (Fsp3) is 0.0196. The Morgan fingerprint density at radius 3 is 1.64 bits per heavy atom. The fourth-order valence-electron chi connectivity index (χ4n) is 7.89. The highest BCUT2D eigenvalue weighted by molar-refractivity contribution is 6.20. The van der Waals surface area contributed by atoms with Gasteiger partial charge in [-0.3, -0.25) is 4.98 Å². The van der Waals surface area contributed by atoms with Crippen molar-refractivity contribution in [1.82, 2.24) is 15.0 Å². The molecule has 0 radical (unpaired) electrons.